The highest BCUT2D eigenvalue weighted by molar-refractivity contribution is 9.10. The lowest BCUT2D eigenvalue weighted by molar-refractivity contribution is 0.0900. The number of halogens is 1. The van der Waals surface area contributed by atoms with Crippen molar-refractivity contribution >= 4 is 21.8 Å². The number of ether oxygens (including phenoxy) is 1. The number of likely N-dealkylation sites (N-methyl/N-ethyl adjacent to an activating group) is 1. The molecule has 0 aliphatic carbocycles. The normalized spacial score (nSPS) is 10.7. The monoisotopic (exact) mass is 314 g/mol. The summed E-state index contributed by atoms with van der Waals surface area (Å²) in [7, 11) is 4.00. The van der Waals surface area contributed by atoms with E-state index in [9.17, 15) is 4.79 Å². The van der Waals surface area contributed by atoms with Gasteiger partial charge in [-0.05, 0) is 38.4 Å². The molecule has 0 bridgehead atoms. The molecule has 0 atom stereocenters. The molecule has 0 aromatic heterocycles. The zero-order valence-corrected chi connectivity index (χ0v) is 12.4. The van der Waals surface area contributed by atoms with Crippen molar-refractivity contribution in [2.45, 2.75) is 0 Å². The summed E-state index contributed by atoms with van der Waals surface area (Å²) in [6, 6.07) is 7.27. The van der Waals surface area contributed by atoms with Gasteiger partial charge in [0, 0.05) is 23.1 Å². The van der Waals surface area contributed by atoms with E-state index in [1.807, 2.05) is 26.2 Å². The molecule has 100 valence electrons. The van der Waals surface area contributed by atoms with Crippen molar-refractivity contribution < 1.29 is 9.53 Å². The second-order valence-corrected chi connectivity index (χ2v) is 5.09. The third-order valence-electron chi connectivity index (χ3n) is 2.32. The molecule has 0 saturated carbocycles. The van der Waals surface area contributed by atoms with Gasteiger partial charge in [0.15, 0.2) is 0 Å². The minimum atomic E-state index is -0.0706. The summed E-state index contributed by atoms with van der Waals surface area (Å²) in [5, 5.41) is 2.81. The second kappa shape index (κ2) is 8.24. The molecule has 0 heterocycles. The fourth-order valence-electron chi connectivity index (χ4n) is 1.29. The largest absolute Gasteiger partial charge is 0.378 e. The van der Waals surface area contributed by atoms with Crippen LogP contribution in [0.25, 0.3) is 0 Å². The number of carbonyl (C=O) groups excluding carboxylic acids is 1. The van der Waals surface area contributed by atoms with Crippen LogP contribution in [0, 0.1) is 0 Å². The lowest BCUT2D eigenvalue weighted by Gasteiger charge is -2.10. The standard InChI is InChI=1S/C13H19BrN2O2/c1-16(2)8-10-18-9-7-15-13(17)11-3-5-12(14)6-4-11/h3-6H,7-10H2,1-2H3,(H,15,17). The first-order valence-corrected chi connectivity index (χ1v) is 6.65. The van der Waals surface area contributed by atoms with Crippen molar-refractivity contribution in [3.8, 4) is 0 Å². The number of rotatable bonds is 7. The summed E-state index contributed by atoms with van der Waals surface area (Å²) in [4.78, 5) is 13.8. The van der Waals surface area contributed by atoms with Crippen LogP contribution in [0.3, 0.4) is 0 Å². The van der Waals surface area contributed by atoms with Crippen molar-refractivity contribution in [2.75, 3.05) is 40.4 Å². The summed E-state index contributed by atoms with van der Waals surface area (Å²) in [5.74, 6) is -0.0706. The maximum absolute atomic E-state index is 11.7. The van der Waals surface area contributed by atoms with Crippen LogP contribution in [-0.4, -0.2) is 51.2 Å². The van der Waals surface area contributed by atoms with Crippen LogP contribution in [0.5, 0.6) is 0 Å². The van der Waals surface area contributed by atoms with Gasteiger partial charge in [-0.1, -0.05) is 15.9 Å². The van der Waals surface area contributed by atoms with Gasteiger partial charge in [0.1, 0.15) is 0 Å². The Balaban J connectivity index is 2.16. The van der Waals surface area contributed by atoms with Gasteiger partial charge in [-0.15, -0.1) is 0 Å². The van der Waals surface area contributed by atoms with Gasteiger partial charge in [-0.2, -0.15) is 0 Å². The molecule has 1 amide bonds. The van der Waals surface area contributed by atoms with E-state index in [1.165, 1.54) is 0 Å². The summed E-state index contributed by atoms with van der Waals surface area (Å²) < 4.78 is 6.35. The number of benzene rings is 1. The van der Waals surface area contributed by atoms with Crippen molar-refractivity contribution in [1.82, 2.24) is 10.2 Å². The van der Waals surface area contributed by atoms with Crippen LogP contribution >= 0.6 is 15.9 Å². The molecule has 0 aliphatic rings. The minimum absolute atomic E-state index is 0.0706. The van der Waals surface area contributed by atoms with Gasteiger partial charge >= 0.3 is 0 Å². The minimum Gasteiger partial charge on any atom is -0.378 e. The van der Waals surface area contributed by atoms with E-state index in [0.29, 0.717) is 25.3 Å². The summed E-state index contributed by atoms with van der Waals surface area (Å²) in [6.07, 6.45) is 0. The van der Waals surface area contributed by atoms with E-state index >= 15 is 0 Å². The van der Waals surface area contributed by atoms with Crippen LogP contribution in [0.2, 0.25) is 0 Å². The first-order chi connectivity index (χ1) is 8.59. The first kappa shape index (κ1) is 15.1. The Labute approximate surface area is 116 Å². The Morgan fingerprint density at radius 2 is 1.94 bits per heavy atom. The van der Waals surface area contributed by atoms with Crippen LogP contribution in [-0.2, 0) is 4.74 Å². The predicted molar refractivity (Wildman–Crippen MR) is 75.8 cm³/mol. The third-order valence-corrected chi connectivity index (χ3v) is 2.85. The van der Waals surface area contributed by atoms with Crippen LogP contribution in [0.1, 0.15) is 10.4 Å². The van der Waals surface area contributed by atoms with E-state index in [2.05, 4.69) is 26.1 Å². The first-order valence-electron chi connectivity index (χ1n) is 5.86. The topological polar surface area (TPSA) is 41.6 Å². The van der Waals surface area contributed by atoms with Gasteiger partial charge in [0.2, 0.25) is 0 Å². The summed E-state index contributed by atoms with van der Waals surface area (Å²) >= 11 is 3.33. The fraction of sp³-hybridized carbons (Fsp3) is 0.462. The molecule has 0 aliphatic heterocycles. The van der Waals surface area contributed by atoms with Gasteiger partial charge in [0.05, 0.1) is 13.2 Å². The lowest BCUT2D eigenvalue weighted by Crippen LogP contribution is -2.28. The average molecular weight is 315 g/mol. The van der Waals surface area contributed by atoms with Crippen molar-refractivity contribution in [1.29, 1.82) is 0 Å². The molecule has 4 nitrogen and oxygen atoms in total. The maximum atomic E-state index is 11.7. The number of amides is 1. The molecular formula is C13H19BrN2O2. The van der Waals surface area contributed by atoms with E-state index in [0.717, 1.165) is 11.0 Å². The van der Waals surface area contributed by atoms with Gasteiger partial charge in [0.25, 0.3) is 5.91 Å². The quantitative estimate of drug-likeness (QED) is 0.780. The molecule has 0 saturated heterocycles. The molecule has 0 radical (unpaired) electrons. The van der Waals surface area contributed by atoms with Crippen molar-refractivity contribution in [3.05, 3.63) is 34.3 Å². The van der Waals surface area contributed by atoms with Crippen molar-refractivity contribution in [3.63, 3.8) is 0 Å². The number of hydrogen-bond acceptors (Lipinski definition) is 3. The zero-order chi connectivity index (χ0) is 13.4. The Bertz CT molecular complexity index is 366. The van der Waals surface area contributed by atoms with E-state index in [1.54, 1.807) is 12.1 Å². The Hall–Kier alpha value is -0.910. The van der Waals surface area contributed by atoms with Crippen LogP contribution in [0.4, 0.5) is 0 Å². The van der Waals surface area contributed by atoms with Gasteiger partial charge in [-0.25, -0.2) is 0 Å². The highest BCUT2D eigenvalue weighted by Crippen LogP contribution is 2.10. The maximum Gasteiger partial charge on any atom is 0.251 e. The molecule has 1 aromatic rings. The molecule has 1 N–H and O–H groups in total. The van der Waals surface area contributed by atoms with E-state index in [4.69, 9.17) is 4.74 Å². The smallest absolute Gasteiger partial charge is 0.251 e. The highest BCUT2D eigenvalue weighted by atomic mass is 79.9. The second-order valence-electron chi connectivity index (χ2n) is 4.18. The predicted octanol–water partition coefficient (Wildman–Crippen LogP) is 1.76. The molecule has 18 heavy (non-hydrogen) atoms. The zero-order valence-electron chi connectivity index (χ0n) is 10.8. The van der Waals surface area contributed by atoms with Gasteiger partial charge < -0.3 is 15.0 Å². The molecule has 5 heteroatoms. The van der Waals surface area contributed by atoms with Crippen LogP contribution < -0.4 is 5.32 Å². The van der Waals surface area contributed by atoms with Crippen LogP contribution in [0.15, 0.2) is 28.7 Å². The highest BCUT2D eigenvalue weighted by Gasteiger charge is 2.03. The van der Waals surface area contributed by atoms with Crippen molar-refractivity contribution in [2.24, 2.45) is 0 Å². The fourth-order valence-corrected chi connectivity index (χ4v) is 1.55. The number of nitrogens with zero attached hydrogens (tertiary/aromatic N) is 1. The lowest BCUT2D eigenvalue weighted by atomic mass is 10.2. The van der Waals surface area contributed by atoms with E-state index in [-0.39, 0.29) is 5.91 Å². The Kier molecular flexibility index (Phi) is 6.93. The number of hydrogen-bond donors (Lipinski definition) is 1. The Morgan fingerprint density at radius 1 is 1.28 bits per heavy atom. The molecular weight excluding hydrogens is 296 g/mol. The molecule has 1 aromatic carbocycles. The number of carbonyl (C=O) groups is 1. The molecule has 0 fully saturated rings. The van der Waals surface area contributed by atoms with Gasteiger partial charge in [-0.3, -0.25) is 4.79 Å². The molecule has 0 spiro atoms. The Morgan fingerprint density at radius 3 is 2.56 bits per heavy atom. The number of nitrogens with one attached hydrogen (secondary N) is 1. The molecule has 0 unspecified atom stereocenters. The summed E-state index contributed by atoms with van der Waals surface area (Å²) in [6.45, 7) is 2.64. The average Bonchev–Trinajstić information content (AvgIpc) is 2.34. The summed E-state index contributed by atoms with van der Waals surface area (Å²) in [5.41, 5.74) is 0.659. The third kappa shape index (κ3) is 6.14. The molecule has 1 rings (SSSR count). The SMILES string of the molecule is CN(C)CCOCCNC(=O)c1ccc(Br)cc1. The van der Waals surface area contributed by atoms with E-state index < -0.39 is 0 Å².